The minimum absolute atomic E-state index is 0.773. The molecule has 0 amide bonds. The van der Waals surface area contributed by atoms with E-state index in [9.17, 15) is 0 Å². The molecule has 2 rings (SSSR count). The summed E-state index contributed by atoms with van der Waals surface area (Å²) in [6.07, 6.45) is 1.84. The van der Waals surface area contributed by atoms with Crippen LogP contribution in [0, 0.1) is 20.8 Å². The number of aromatic nitrogens is 3. The van der Waals surface area contributed by atoms with Crippen molar-refractivity contribution in [2.75, 3.05) is 5.32 Å². The number of nitrogens with zero attached hydrogens (tertiary/aromatic N) is 2. The van der Waals surface area contributed by atoms with E-state index in [1.807, 2.05) is 20.0 Å². The second kappa shape index (κ2) is 4.02. The van der Waals surface area contributed by atoms with Gasteiger partial charge < -0.3 is 5.32 Å². The molecule has 0 atom stereocenters. The van der Waals surface area contributed by atoms with Crippen LogP contribution in [-0.4, -0.2) is 15.2 Å². The van der Waals surface area contributed by atoms with E-state index in [0.29, 0.717) is 0 Å². The predicted molar refractivity (Wildman–Crippen MR) is 62.2 cm³/mol. The van der Waals surface area contributed by atoms with Crippen LogP contribution in [0.2, 0.25) is 0 Å². The quantitative estimate of drug-likeness (QED) is 0.838. The Morgan fingerprint density at radius 2 is 2.20 bits per heavy atom. The number of anilines is 1. The van der Waals surface area contributed by atoms with Crippen LogP contribution in [0.3, 0.4) is 0 Å². The molecule has 2 aromatic rings. The first-order chi connectivity index (χ1) is 7.16. The van der Waals surface area contributed by atoms with Gasteiger partial charge in [0.05, 0.1) is 11.9 Å². The van der Waals surface area contributed by atoms with Gasteiger partial charge in [0.2, 0.25) is 0 Å². The molecular formula is C10H14N4S. The van der Waals surface area contributed by atoms with Crippen LogP contribution in [0.15, 0.2) is 6.20 Å². The van der Waals surface area contributed by atoms with Gasteiger partial charge in [0.1, 0.15) is 0 Å². The second-order valence-electron chi connectivity index (χ2n) is 3.53. The number of hydrogen-bond acceptors (Lipinski definition) is 4. The molecule has 0 bridgehead atoms. The average Bonchev–Trinajstić information content (AvgIpc) is 2.72. The summed E-state index contributed by atoms with van der Waals surface area (Å²) in [4.78, 5) is 5.68. The van der Waals surface area contributed by atoms with Crippen molar-refractivity contribution in [3.8, 4) is 0 Å². The van der Waals surface area contributed by atoms with Crippen LogP contribution in [0.25, 0.3) is 0 Å². The van der Waals surface area contributed by atoms with Crippen LogP contribution in [-0.2, 0) is 6.54 Å². The van der Waals surface area contributed by atoms with Gasteiger partial charge in [0.15, 0.2) is 5.13 Å². The largest absolute Gasteiger partial charge is 0.357 e. The molecule has 0 radical (unpaired) electrons. The number of aromatic amines is 1. The molecule has 80 valence electrons. The van der Waals surface area contributed by atoms with E-state index in [-0.39, 0.29) is 0 Å². The van der Waals surface area contributed by atoms with Crippen molar-refractivity contribution >= 4 is 16.5 Å². The van der Waals surface area contributed by atoms with Gasteiger partial charge >= 0.3 is 0 Å². The third-order valence-corrected chi connectivity index (χ3v) is 3.42. The van der Waals surface area contributed by atoms with Crippen LogP contribution >= 0.6 is 11.3 Å². The molecule has 5 heteroatoms. The Hall–Kier alpha value is -1.36. The van der Waals surface area contributed by atoms with E-state index in [4.69, 9.17) is 0 Å². The van der Waals surface area contributed by atoms with Crippen molar-refractivity contribution in [2.24, 2.45) is 0 Å². The van der Waals surface area contributed by atoms with Gasteiger partial charge in [0.25, 0.3) is 0 Å². The SMILES string of the molecule is Cc1nc(NCc2cn[nH]c2C)sc1C. The highest BCUT2D eigenvalue weighted by atomic mass is 32.1. The fourth-order valence-corrected chi connectivity index (χ4v) is 2.08. The summed E-state index contributed by atoms with van der Waals surface area (Å²) >= 11 is 1.69. The Kier molecular flexibility index (Phi) is 2.73. The Balaban J connectivity index is 2.02. The fourth-order valence-electron chi connectivity index (χ4n) is 1.27. The lowest BCUT2D eigenvalue weighted by molar-refractivity contribution is 1.04. The van der Waals surface area contributed by atoms with Crippen molar-refractivity contribution in [1.82, 2.24) is 15.2 Å². The van der Waals surface area contributed by atoms with Crippen molar-refractivity contribution < 1.29 is 0 Å². The molecule has 0 spiro atoms. The molecule has 0 aliphatic rings. The number of thiazole rings is 1. The van der Waals surface area contributed by atoms with Gasteiger partial charge in [-0.2, -0.15) is 5.10 Å². The minimum atomic E-state index is 0.773. The molecule has 0 unspecified atom stereocenters. The monoisotopic (exact) mass is 222 g/mol. The third kappa shape index (κ3) is 2.18. The van der Waals surface area contributed by atoms with Crippen molar-refractivity contribution in [3.05, 3.63) is 28.0 Å². The van der Waals surface area contributed by atoms with E-state index < -0.39 is 0 Å². The van der Waals surface area contributed by atoms with Gasteiger partial charge in [-0.3, -0.25) is 5.10 Å². The molecule has 0 saturated heterocycles. The van der Waals surface area contributed by atoms with E-state index in [1.165, 1.54) is 10.4 Å². The zero-order valence-electron chi connectivity index (χ0n) is 9.09. The smallest absolute Gasteiger partial charge is 0.183 e. The molecule has 15 heavy (non-hydrogen) atoms. The standard InChI is InChI=1S/C10H14N4S/c1-6-8(3)15-10(13-6)11-4-9-5-12-14-7(9)2/h5H,4H2,1-3H3,(H,11,13)(H,12,14). The molecule has 2 aromatic heterocycles. The normalized spacial score (nSPS) is 10.6. The zero-order valence-corrected chi connectivity index (χ0v) is 9.90. The van der Waals surface area contributed by atoms with Gasteiger partial charge in [-0.25, -0.2) is 4.98 Å². The third-order valence-electron chi connectivity index (χ3n) is 2.39. The van der Waals surface area contributed by atoms with Crippen LogP contribution in [0.1, 0.15) is 21.8 Å². The predicted octanol–water partition coefficient (Wildman–Crippen LogP) is 2.40. The lowest BCUT2D eigenvalue weighted by atomic mass is 10.3. The van der Waals surface area contributed by atoms with Gasteiger partial charge in [-0.05, 0) is 20.8 Å². The Morgan fingerprint density at radius 1 is 1.40 bits per heavy atom. The number of hydrogen-bond donors (Lipinski definition) is 2. The summed E-state index contributed by atoms with van der Waals surface area (Å²) in [7, 11) is 0. The van der Waals surface area contributed by atoms with Crippen molar-refractivity contribution in [2.45, 2.75) is 27.3 Å². The zero-order chi connectivity index (χ0) is 10.8. The first-order valence-corrected chi connectivity index (χ1v) is 5.65. The Labute approximate surface area is 92.8 Å². The highest BCUT2D eigenvalue weighted by Gasteiger charge is 2.04. The second-order valence-corrected chi connectivity index (χ2v) is 4.74. The number of nitrogens with one attached hydrogen (secondary N) is 2. The van der Waals surface area contributed by atoms with E-state index >= 15 is 0 Å². The number of aryl methyl sites for hydroxylation is 3. The maximum absolute atomic E-state index is 4.42. The fraction of sp³-hybridized carbons (Fsp3) is 0.400. The molecule has 2 heterocycles. The average molecular weight is 222 g/mol. The van der Waals surface area contributed by atoms with Gasteiger partial charge in [-0.1, -0.05) is 0 Å². The lowest BCUT2D eigenvalue weighted by Crippen LogP contribution is -1.99. The Morgan fingerprint density at radius 3 is 2.73 bits per heavy atom. The Bertz CT molecular complexity index is 438. The topological polar surface area (TPSA) is 53.6 Å². The highest BCUT2D eigenvalue weighted by molar-refractivity contribution is 7.15. The molecule has 0 aromatic carbocycles. The van der Waals surface area contributed by atoms with Crippen molar-refractivity contribution in [3.63, 3.8) is 0 Å². The molecule has 0 aliphatic heterocycles. The molecule has 2 N–H and O–H groups in total. The summed E-state index contributed by atoms with van der Waals surface area (Å²) in [6, 6.07) is 0. The molecule has 0 aliphatic carbocycles. The van der Waals surface area contributed by atoms with E-state index in [2.05, 4.69) is 27.4 Å². The molecule has 0 saturated carbocycles. The maximum atomic E-state index is 4.42. The molecule has 0 fully saturated rings. The summed E-state index contributed by atoms with van der Waals surface area (Å²) in [6.45, 7) is 6.90. The van der Waals surface area contributed by atoms with Crippen LogP contribution < -0.4 is 5.32 Å². The highest BCUT2D eigenvalue weighted by Crippen LogP contribution is 2.21. The number of H-pyrrole nitrogens is 1. The van der Waals surface area contributed by atoms with E-state index in [1.54, 1.807) is 11.3 Å². The lowest BCUT2D eigenvalue weighted by Gasteiger charge is -2.00. The summed E-state index contributed by atoms with van der Waals surface area (Å²) in [5.41, 5.74) is 3.39. The summed E-state index contributed by atoms with van der Waals surface area (Å²) in [5, 5.41) is 11.2. The summed E-state index contributed by atoms with van der Waals surface area (Å²) in [5.74, 6) is 0. The molecule has 4 nitrogen and oxygen atoms in total. The van der Waals surface area contributed by atoms with E-state index in [0.717, 1.165) is 23.1 Å². The van der Waals surface area contributed by atoms with Crippen molar-refractivity contribution in [1.29, 1.82) is 0 Å². The summed E-state index contributed by atoms with van der Waals surface area (Å²) < 4.78 is 0. The first kappa shape index (κ1) is 10.2. The number of rotatable bonds is 3. The van der Waals surface area contributed by atoms with Gasteiger partial charge in [0, 0.05) is 22.7 Å². The van der Waals surface area contributed by atoms with Crippen LogP contribution in [0.5, 0.6) is 0 Å². The van der Waals surface area contributed by atoms with Gasteiger partial charge in [-0.15, -0.1) is 11.3 Å². The maximum Gasteiger partial charge on any atom is 0.183 e. The first-order valence-electron chi connectivity index (χ1n) is 4.83. The molecular weight excluding hydrogens is 208 g/mol. The van der Waals surface area contributed by atoms with Crippen LogP contribution in [0.4, 0.5) is 5.13 Å². The minimum Gasteiger partial charge on any atom is -0.357 e.